The van der Waals surface area contributed by atoms with Crippen molar-refractivity contribution in [2.75, 3.05) is 21.3 Å². The minimum atomic E-state index is -1.07. The number of carbonyl (C=O) groups is 2. The molecular formula is C15H21NO6. The van der Waals surface area contributed by atoms with Crippen LogP contribution in [-0.2, 0) is 4.79 Å². The normalized spacial score (nSPS) is 11.5. The van der Waals surface area contributed by atoms with Crippen molar-refractivity contribution in [2.45, 2.75) is 25.8 Å². The molecule has 122 valence electrons. The highest BCUT2D eigenvalue weighted by atomic mass is 16.5. The van der Waals surface area contributed by atoms with Crippen molar-refractivity contribution in [3.05, 3.63) is 17.7 Å². The summed E-state index contributed by atoms with van der Waals surface area (Å²) in [5.41, 5.74) is 0.183. The number of benzene rings is 1. The number of carbonyl (C=O) groups excluding carboxylic acids is 1. The highest BCUT2D eigenvalue weighted by molar-refractivity contribution is 5.99. The number of ether oxygens (including phenoxy) is 3. The Hall–Kier alpha value is -2.44. The first kappa shape index (κ1) is 17.6. The van der Waals surface area contributed by atoms with E-state index in [-0.39, 0.29) is 11.3 Å². The molecule has 7 nitrogen and oxygen atoms in total. The van der Waals surface area contributed by atoms with E-state index >= 15 is 0 Å². The fraction of sp³-hybridized carbons (Fsp3) is 0.467. The minimum absolute atomic E-state index is 0.183. The van der Waals surface area contributed by atoms with Gasteiger partial charge in [0.25, 0.3) is 5.91 Å². The lowest BCUT2D eigenvalue weighted by Gasteiger charge is -2.17. The number of methoxy groups -OCH3 is 3. The number of carboxylic acid groups (broad SMARTS) is 1. The number of nitrogens with one attached hydrogen (secondary N) is 1. The topological polar surface area (TPSA) is 94.1 Å². The summed E-state index contributed by atoms with van der Waals surface area (Å²) in [5, 5.41) is 11.6. The van der Waals surface area contributed by atoms with Crippen LogP contribution in [-0.4, -0.2) is 44.4 Å². The average Bonchev–Trinajstić information content (AvgIpc) is 2.52. The summed E-state index contributed by atoms with van der Waals surface area (Å²) < 4.78 is 15.5. The van der Waals surface area contributed by atoms with Crippen molar-refractivity contribution in [3.63, 3.8) is 0 Å². The number of aliphatic carboxylic acids is 1. The molecule has 0 saturated heterocycles. The molecule has 0 aromatic heterocycles. The lowest BCUT2D eigenvalue weighted by molar-refractivity contribution is -0.139. The summed E-state index contributed by atoms with van der Waals surface area (Å²) in [4.78, 5) is 23.5. The number of carboxylic acids is 1. The summed E-state index contributed by atoms with van der Waals surface area (Å²) >= 11 is 0. The van der Waals surface area contributed by atoms with Gasteiger partial charge >= 0.3 is 5.97 Å². The predicted octanol–water partition coefficient (Wildman–Crippen LogP) is 1.70. The number of hydrogen-bond acceptors (Lipinski definition) is 5. The fourth-order valence-electron chi connectivity index (χ4n) is 1.99. The van der Waals surface area contributed by atoms with Crippen LogP contribution in [0, 0.1) is 0 Å². The Labute approximate surface area is 129 Å². The molecule has 1 amide bonds. The molecule has 2 N–H and O–H groups in total. The van der Waals surface area contributed by atoms with E-state index in [1.807, 2.05) is 6.92 Å². The maximum absolute atomic E-state index is 12.3. The second-order valence-corrected chi connectivity index (χ2v) is 4.56. The van der Waals surface area contributed by atoms with Crippen LogP contribution in [0.15, 0.2) is 12.1 Å². The summed E-state index contributed by atoms with van der Waals surface area (Å²) in [6, 6.07) is 2.02. The molecule has 0 aliphatic heterocycles. The van der Waals surface area contributed by atoms with Crippen LogP contribution >= 0.6 is 0 Å². The summed E-state index contributed by atoms with van der Waals surface area (Å²) in [6.45, 7) is 1.85. The fourth-order valence-corrected chi connectivity index (χ4v) is 1.99. The first-order chi connectivity index (χ1) is 10.5. The third-order valence-corrected chi connectivity index (χ3v) is 3.13. The van der Waals surface area contributed by atoms with Crippen LogP contribution < -0.4 is 19.5 Å². The molecule has 0 heterocycles. The molecule has 1 unspecified atom stereocenters. The van der Waals surface area contributed by atoms with Crippen LogP contribution in [0.1, 0.15) is 30.1 Å². The molecule has 7 heteroatoms. The van der Waals surface area contributed by atoms with Gasteiger partial charge in [-0.05, 0) is 6.42 Å². The minimum Gasteiger partial charge on any atom is -0.496 e. The summed E-state index contributed by atoms with van der Waals surface area (Å²) in [5.74, 6) is -0.570. The zero-order valence-corrected chi connectivity index (χ0v) is 13.1. The van der Waals surface area contributed by atoms with E-state index in [0.717, 1.165) is 0 Å². The highest BCUT2D eigenvalue weighted by Gasteiger charge is 2.23. The van der Waals surface area contributed by atoms with Crippen molar-refractivity contribution in [1.29, 1.82) is 0 Å². The van der Waals surface area contributed by atoms with Crippen LogP contribution in [0.2, 0.25) is 0 Å². The van der Waals surface area contributed by atoms with Crippen LogP contribution in [0.4, 0.5) is 0 Å². The molecule has 0 bridgehead atoms. The molecule has 22 heavy (non-hydrogen) atoms. The second-order valence-electron chi connectivity index (χ2n) is 4.56. The van der Waals surface area contributed by atoms with E-state index in [4.69, 9.17) is 19.3 Å². The maximum Gasteiger partial charge on any atom is 0.326 e. The molecule has 1 aromatic rings. The number of hydrogen-bond donors (Lipinski definition) is 2. The Morgan fingerprint density at radius 1 is 1.09 bits per heavy atom. The Morgan fingerprint density at radius 3 is 2.09 bits per heavy atom. The number of rotatable bonds is 8. The predicted molar refractivity (Wildman–Crippen MR) is 79.9 cm³/mol. The van der Waals surface area contributed by atoms with Gasteiger partial charge in [-0.2, -0.15) is 0 Å². The molecule has 0 spiro atoms. The first-order valence-corrected chi connectivity index (χ1v) is 6.82. The Balaban J connectivity index is 3.13. The van der Waals surface area contributed by atoms with Crippen LogP contribution in [0.3, 0.4) is 0 Å². The van der Waals surface area contributed by atoms with Crippen molar-refractivity contribution in [2.24, 2.45) is 0 Å². The molecule has 1 rings (SSSR count). The van der Waals surface area contributed by atoms with Gasteiger partial charge in [0.15, 0.2) is 11.5 Å². The molecule has 0 radical (unpaired) electrons. The van der Waals surface area contributed by atoms with Crippen LogP contribution in [0.25, 0.3) is 0 Å². The third-order valence-electron chi connectivity index (χ3n) is 3.13. The Kier molecular flexibility index (Phi) is 6.49. The average molecular weight is 311 g/mol. The maximum atomic E-state index is 12.3. The number of amides is 1. The van der Waals surface area contributed by atoms with Crippen molar-refractivity contribution >= 4 is 11.9 Å². The standard InChI is InChI=1S/C15H21NO6/c1-5-6-10(15(18)19)16-14(17)9-7-12(21-3)13(22-4)8-11(9)20-2/h7-8,10H,5-6H2,1-4H3,(H,16,17)(H,18,19). The molecular weight excluding hydrogens is 290 g/mol. The molecule has 0 aliphatic carbocycles. The Bertz CT molecular complexity index is 543. The zero-order chi connectivity index (χ0) is 16.7. The second kappa shape index (κ2) is 8.11. The molecule has 0 saturated carbocycles. The van der Waals surface area contributed by atoms with Crippen LogP contribution in [0.5, 0.6) is 17.2 Å². The van der Waals surface area contributed by atoms with E-state index in [9.17, 15) is 9.59 Å². The van der Waals surface area contributed by atoms with E-state index in [1.165, 1.54) is 33.5 Å². The molecule has 1 aromatic carbocycles. The lowest BCUT2D eigenvalue weighted by atomic mass is 10.1. The smallest absolute Gasteiger partial charge is 0.326 e. The van der Waals surface area contributed by atoms with Gasteiger partial charge < -0.3 is 24.6 Å². The first-order valence-electron chi connectivity index (χ1n) is 6.82. The molecule has 1 atom stereocenters. The van der Waals surface area contributed by atoms with Gasteiger partial charge in [-0.1, -0.05) is 13.3 Å². The molecule has 0 fully saturated rings. The highest BCUT2D eigenvalue weighted by Crippen LogP contribution is 2.34. The van der Waals surface area contributed by atoms with Gasteiger partial charge in [-0.15, -0.1) is 0 Å². The Morgan fingerprint density at radius 2 is 1.64 bits per heavy atom. The van der Waals surface area contributed by atoms with E-state index < -0.39 is 17.9 Å². The largest absolute Gasteiger partial charge is 0.496 e. The summed E-state index contributed by atoms with van der Waals surface area (Å²) in [6.07, 6.45) is 0.983. The van der Waals surface area contributed by atoms with Gasteiger partial charge in [0.2, 0.25) is 0 Å². The summed E-state index contributed by atoms with van der Waals surface area (Å²) in [7, 11) is 4.33. The van der Waals surface area contributed by atoms with Gasteiger partial charge in [0.05, 0.1) is 26.9 Å². The van der Waals surface area contributed by atoms with Crippen molar-refractivity contribution in [1.82, 2.24) is 5.32 Å². The van der Waals surface area contributed by atoms with Gasteiger partial charge in [0, 0.05) is 12.1 Å². The van der Waals surface area contributed by atoms with E-state index in [2.05, 4.69) is 5.32 Å². The third kappa shape index (κ3) is 4.03. The lowest BCUT2D eigenvalue weighted by Crippen LogP contribution is -2.40. The monoisotopic (exact) mass is 311 g/mol. The quantitative estimate of drug-likeness (QED) is 0.759. The molecule has 0 aliphatic rings. The zero-order valence-electron chi connectivity index (χ0n) is 13.1. The van der Waals surface area contributed by atoms with Crippen molar-refractivity contribution in [3.8, 4) is 17.2 Å². The SMILES string of the molecule is CCCC(NC(=O)c1cc(OC)c(OC)cc1OC)C(=O)O. The van der Waals surface area contributed by atoms with Gasteiger partial charge in [-0.3, -0.25) is 4.79 Å². The van der Waals surface area contributed by atoms with Gasteiger partial charge in [-0.25, -0.2) is 4.79 Å². The van der Waals surface area contributed by atoms with E-state index in [1.54, 1.807) is 0 Å². The van der Waals surface area contributed by atoms with Crippen molar-refractivity contribution < 1.29 is 28.9 Å². The van der Waals surface area contributed by atoms with E-state index in [0.29, 0.717) is 24.3 Å². The van der Waals surface area contributed by atoms with Gasteiger partial charge in [0.1, 0.15) is 11.8 Å².